The van der Waals surface area contributed by atoms with Gasteiger partial charge in [-0.15, -0.1) is 0 Å². The summed E-state index contributed by atoms with van der Waals surface area (Å²) in [5, 5.41) is 4.13. The molecule has 1 heterocycles. The lowest BCUT2D eigenvalue weighted by Crippen LogP contribution is -2.17. The quantitative estimate of drug-likeness (QED) is 0.886. The molecule has 3 nitrogen and oxygen atoms in total. The molecule has 1 unspecified atom stereocenters. The first kappa shape index (κ1) is 11.7. The molecule has 0 bridgehead atoms. The SMILES string of the molecule is Cn1ccc(CC(N)c2c(F)cccc2F)n1. The molecule has 0 aliphatic heterocycles. The van der Waals surface area contributed by atoms with Gasteiger partial charge in [0.25, 0.3) is 0 Å². The molecule has 0 spiro atoms. The summed E-state index contributed by atoms with van der Waals surface area (Å²) < 4.78 is 28.6. The molecule has 17 heavy (non-hydrogen) atoms. The third-order valence-electron chi connectivity index (χ3n) is 2.57. The lowest BCUT2D eigenvalue weighted by molar-refractivity contribution is 0.521. The highest BCUT2D eigenvalue weighted by Crippen LogP contribution is 2.21. The van der Waals surface area contributed by atoms with E-state index in [0.717, 1.165) is 0 Å². The number of hydrogen-bond acceptors (Lipinski definition) is 2. The van der Waals surface area contributed by atoms with E-state index in [0.29, 0.717) is 12.1 Å². The second kappa shape index (κ2) is 4.63. The lowest BCUT2D eigenvalue weighted by atomic mass is 10.0. The Kier molecular flexibility index (Phi) is 3.19. The van der Waals surface area contributed by atoms with Crippen LogP contribution in [0.25, 0.3) is 0 Å². The normalized spacial score (nSPS) is 12.7. The fraction of sp³-hybridized carbons (Fsp3) is 0.250. The van der Waals surface area contributed by atoms with Crippen LogP contribution in [-0.2, 0) is 13.5 Å². The molecule has 1 atom stereocenters. The number of aryl methyl sites for hydroxylation is 1. The first-order chi connectivity index (χ1) is 8.08. The van der Waals surface area contributed by atoms with Crippen molar-refractivity contribution in [2.24, 2.45) is 12.8 Å². The van der Waals surface area contributed by atoms with Crippen molar-refractivity contribution in [1.82, 2.24) is 9.78 Å². The van der Waals surface area contributed by atoms with Crippen LogP contribution < -0.4 is 5.73 Å². The molecule has 2 aromatic rings. The van der Waals surface area contributed by atoms with E-state index in [1.807, 2.05) is 0 Å². The Morgan fingerprint density at radius 3 is 2.47 bits per heavy atom. The molecule has 90 valence electrons. The van der Waals surface area contributed by atoms with Crippen molar-refractivity contribution in [3.63, 3.8) is 0 Å². The second-order valence-electron chi connectivity index (χ2n) is 3.93. The van der Waals surface area contributed by atoms with Crippen LogP contribution in [0.5, 0.6) is 0 Å². The molecule has 0 fully saturated rings. The van der Waals surface area contributed by atoms with Gasteiger partial charge in [-0.2, -0.15) is 5.10 Å². The van der Waals surface area contributed by atoms with Crippen molar-refractivity contribution < 1.29 is 8.78 Å². The van der Waals surface area contributed by atoms with Crippen LogP contribution in [0.1, 0.15) is 17.3 Å². The van der Waals surface area contributed by atoms with Crippen LogP contribution in [0.2, 0.25) is 0 Å². The highest BCUT2D eigenvalue weighted by molar-refractivity contribution is 5.24. The second-order valence-corrected chi connectivity index (χ2v) is 3.93. The molecule has 5 heteroatoms. The molecule has 0 aliphatic carbocycles. The highest BCUT2D eigenvalue weighted by atomic mass is 19.1. The van der Waals surface area contributed by atoms with Crippen LogP contribution in [0.3, 0.4) is 0 Å². The number of halogens is 2. The maximum atomic E-state index is 13.5. The third-order valence-corrected chi connectivity index (χ3v) is 2.57. The molecule has 0 saturated heterocycles. The molecule has 0 amide bonds. The highest BCUT2D eigenvalue weighted by Gasteiger charge is 2.17. The van der Waals surface area contributed by atoms with Gasteiger partial charge in [0.2, 0.25) is 0 Å². The summed E-state index contributed by atoms with van der Waals surface area (Å²) in [6.07, 6.45) is 2.07. The topological polar surface area (TPSA) is 43.8 Å². The van der Waals surface area contributed by atoms with Gasteiger partial charge in [0, 0.05) is 31.3 Å². The van der Waals surface area contributed by atoms with E-state index in [1.165, 1.54) is 18.2 Å². The molecular weight excluding hydrogens is 224 g/mol. The Hall–Kier alpha value is -1.75. The summed E-state index contributed by atoms with van der Waals surface area (Å²) in [4.78, 5) is 0. The van der Waals surface area contributed by atoms with Gasteiger partial charge in [-0.3, -0.25) is 4.68 Å². The first-order valence-electron chi connectivity index (χ1n) is 5.26. The zero-order valence-electron chi connectivity index (χ0n) is 9.40. The van der Waals surface area contributed by atoms with E-state index in [1.54, 1.807) is 24.0 Å². The Bertz CT molecular complexity index is 502. The summed E-state index contributed by atoms with van der Waals surface area (Å²) in [5.74, 6) is -1.23. The van der Waals surface area contributed by atoms with E-state index in [4.69, 9.17) is 5.73 Å². The minimum atomic E-state index is -0.730. The Balaban J connectivity index is 2.22. The van der Waals surface area contributed by atoms with Gasteiger partial charge in [0.1, 0.15) is 11.6 Å². The molecule has 0 radical (unpaired) electrons. The smallest absolute Gasteiger partial charge is 0.130 e. The summed E-state index contributed by atoms with van der Waals surface area (Å²) in [7, 11) is 1.78. The van der Waals surface area contributed by atoms with E-state index in [2.05, 4.69) is 5.10 Å². The van der Waals surface area contributed by atoms with Crippen molar-refractivity contribution in [2.75, 3.05) is 0 Å². The van der Waals surface area contributed by atoms with E-state index < -0.39 is 17.7 Å². The van der Waals surface area contributed by atoms with Gasteiger partial charge in [-0.1, -0.05) is 6.07 Å². The van der Waals surface area contributed by atoms with E-state index >= 15 is 0 Å². The Morgan fingerprint density at radius 1 is 1.29 bits per heavy atom. The zero-order chi connectivity index (χ0) is 12.4. The number of benzene rings is 1. The van der Waals surface area contributed by atoms with Crippen molar-refractivity contribution in [2.45, 2.75) is 12.5 Å². The van der Waals surface area contributed by atoms with Crippen molar-refractivity contribution in [1.29, 1.82) is 0 Å². The molecule has 1 aromatic heterocycles. The molecular formula is C12H13F2N3. The van der Waals surface area contributed by atoms with Gasteiger partial charge in [-0.25, -0.2) is 8.78 Å². The number of hydrogen-bond donors (Lipinski definition) is 1. The predicted molar refractivity (Wildman–Crippen MR) is 60.2 cm³/mol. The largest absolute Gasteiger partial charge is 0.323 e. The zero-order valence-corrected chi connectivity index (χ0v) is 9.40. The molecule has 1 aromatic carbocycles. The average Bonchev–Trinajstić information content (AvgIpc) is 2.63. The monoisotopic (exact) mass is 237 g/mol. The van der Waals surface area contributed by atoms with Crippen molar-refractivity contribution in [3.05, 3.63) is 53.4 Å². The van der Waals surface area contributed by atoms with Crippen LogP contribution in [0.15, 0.2) is 30.5 Å². The number of nitrogens with two attached hydrogens (primary N) is 1. The Morgan fingerprint density at radius 2 is 1.94 bits per heavy atom. The first-order valence-corrected chi connectivity index (χ1v) is 5.26. The lowest BCUT2D eigenvalue weighted by Gasteiger charge is -2.12. The van der Waals surface area contributed by atoms with Gasteiger partial charge < -0.3 is 5.73 Å². The fourth-order valence-corrected chi connectivity index (χ4v) is 1.76. The third kappa shape index (κ3) is 2.50. The van der Waals surface area contributed by atoms with E-state index in [9.17, 15) is 8.78 Å². The number of aromatic nitrogens is 2. The molecule has 0 saturated carbocycles. The van der Waals surface area contributed by atoms with Crippen LogP contribution >= 0.6 is 0 Å². The standard InChI is InChI=1S/C12H13F2N3/c1-17-6-5-8(16-17)7-11(15)12-9(13)3-2-4-10(12)14/h2-6,11H,7,15H2,1H3. The maximum Gasteiger partial charge on any atom is 0.130 e. The molecule has 2 N–H and O–H groups in total. The minimum Gasteiger partial charge on any atom is -0.323 e. The number of nitrogens with zero attached hydrogens (tertiary/aromatic N) is 2. The maximum absolute atomic E-state index is 13.5. The number of rotatable bonds is 3. The van der Waals surface area contributed by atoms with E-state index in [-0.39, 0.29) is 5.56 Å². The minimum absolute atomic E-state index is 0.0850. The summed E-state index contributed by atoms with van der Waals surface area (Å²) in [5.41, 5.74) is 6.43. The van der Waals surface area contributed by atoms with Gasteiger partial charge in [0.15, 0.2) is 0 Å². The summed E-state index contributed by atoms with van der Waals surface area (Å²) in [6, 6.07) is 4.78. The van der Waals surface area contributed by atoms with Gasteiger partial charge >= 0.3 is 0 Å². The summed E-state index contributed by atoms with van der Waals surface area (Å²) in [6.45, 7) is 0. The Labute approximate surface area is 97.9 Å². The van der Waals surface area contributed by atoms with Crippen molar-refractivity contribution in [3.8, 4) is 0 Å². The van der Waals surface area contributed by atoms with Crippen LogP contribution in [0, 0.1) is 11.6 Å². The predicted octanol–water partition coefficient (Wildman–Crippen LogP) is 1.94. The van der Waals surface area contributed by atoms with Crippen LogP contribution in [0.4, 0.5) is 8.78 Å². The fourth-order valence-electron chi connectivity index (χ4n) is 1.76. The average molecular weight is 237 g/mol. The summed E-state index contributed by atoms with van der Waals surface area (Å²) >= 11 is 0. The van der Waals surface area contributed by atoms with Crippen LogP contribution in [-0.4, -0.2) is 9.78 Å². The van der Waals surface area contributed by atoms with Crippen molar-refractivity contribution >= 4 is 0 Å². The molecule has 0 aliphatic rings. The van der Waals surface area contributed by atoms with Gasteiger partial charge in [0.05, 0.1) is 5.69 Å². The van der Waals surface area contributed by atoms with Gasteiger partial charge in [-0.05, 0) is 18.2 Å². The molecule has 2 rings (SSSR count).